The first-order chi connectivity index (χ1) is 9.65. The van der Waals surface area contributed by atoms with Crippen LogP contribution in [0.25, 0.3) is 5.65 Å². The predicted octanol–water partition coefficient (Wildman–Crippen LogP) is 2.37. The van der Waals surface area contributed by atoms with Gasteiger partial charge < -0.3 is 4.90 Å². The van der Waals surface area contributed by atoms with Gasteiger partial charge in [0.05, 0.1) is 6.04 Å². The van der Waals surface area contributed by atoms with Crippen LogP contribution in [-0.2, 0) is 0 Å². The Morgan fingerprint density at radius 2 is 1.90 bits per heavy atom. The lowest BCUT2D eigenvalue weighted by molar-refractivity contribution is 0.684. The summed E-state index contributed by atoms with van der Waals surface area (Å²) >= 11 is 5.91. The van der Waals surface area contributed by atoms with Crippen LogP contribution < -0.4 is 4.90 Å². The van der Waals surface area contributed by atoms with Gasteiger partial charge in [-0.2, -0.15) is 0 Å². The summed E-state index contributed by atoms with van der Waals surface area (Å²) in [6, 6.07) is 11.7. The van der Waals surface area contributed by atoms with E-state index in [9.17, 15) is 0 Å². The number of fused-ring (bicyclic) bond motifs is 1. The second-order valence-electron chi connectivity index (χ2n) is 4.56. The van der Waals surface area contributed by atoms with Gasteiger partial charge in [0.25, 0.3) is 0 Å². The minimum Gasteiger partial charge on any atom is -0.351 e. The molecular formula is C13H13ClN6. The molecular weight excluding hydrogens is 276 g/mol. The molecule has 0 aliphatic carbocycles. The Morgan fingerprint density at radius 3 is 2.65 bits per heavy atom. The fourth-order valence-corrected chi connectivity index (χ4v) is 2.12. The quantitative estimate of drug-likeness (QED) is 0.740. The van der Waals surface area contributed by atoms with Crippen molar-refractivity contribution < 1.29 is 0 Å². The SMILES string of the molecule is CC(c1ccc(Cl)cc1)N(C)c1ccc2nnnn2n1. The number of hydrogen-bond acceptors (Lipinski definition) is 5. The minimum atomic E-state index is 0.161. The van der Waals surface area contributed by atoms with Gasteiger partial charge in [-0.3, -0.25) is 0 Å². The van der Waals surface area contributed by atoms with Crippen molar-refractivity contribution in [3.8, 4) is 0 Å². The number of nitrogens with zero attached hydrogens (tertiary/aromatic N) is 6. The summed E-state index contributed by atoms with van der Waals surface area (Å²) in [5.74, 6) is 0.798. The topological polar surface area (TPSA) is 59.2 Å². The van der Waals surface area contributed by atoms with E-state index >= 15 is 0 Å². The molecule has 102 valence electrons. The van der Waals surface area contributed by atoms with E-state index in [0.717, 1.165) is 16.4 Å². The first kappa shape index (κ1) is 12.8. The monoisotopic (exact) mass is 288 g/mol. The van der Waals surface area contributed by atoms with Crippen molar-refractivity contribution in [1.29, 1.82) is 0 Å². The summed E-state index contributed by atoms with van der Waals surface area (Å²) in [6.45, 7) is 2.11. The van der Waals surface area contributed by atoms with Gasteiger partial charge in [-0.1, -0.05) is 23.7 Å². The van der Waals surface area contributed by atoms with Crippen LogP contribution in [-0.4, -0.2) is 32.3 Å². The summed E-state index contributed by atoms with van der Waals surface area (Å²) in [6.07, 6.45) is 0. The van der Waals surface area contributed by atoms with Crippen LogP contribution in [0.4, 0.5) is 5.82 Å². The molecule has 2 heterocycles. The second kappa shape index (κ2) is 5.05. The van der Waals surface area contributed by atoms with E-state index < -0.39 is 0 Å². The number of rotatable bonds is 3. The lowest BCUT2D eigenvalue weighted by atomic mass is 10.1. The number of benzene rings is 1. The molecule has 1 unspecified atom stereocenters. The van der Waals surface area contributed by atoms with Crippen molar-refractivity contribution in [2.45, 2.75) is 13.0 Å². The molecule has 20 heavy (non-hydrogen) atoms. The highest BCUT2D eigenvalue weighted by molar-refractivity contribution is 6.30. The zero-order valence-electron chi connectivity index (χ0n) is 11.1. The average molecular weight is 289 g/mol. The lowest BCUT2D eigenvalue weighted by Gasteiger charge is -2.26. The zero-order chi connectivity index (χ0) is 14.1. The molecule has 0 radical (unpaired) electrons. The van der Waals surface area contributed by atoms with Gasteiger partial charge >= 0.3 is 0 Å². The Bertz CT molecular complexity index is 723. The van der Waals surface area contributed by atoms with Crippen molar-refractivity contribution in [3.05, 3.63) is 47.0 Å². The maximum absolute atomic E-state index is 5.91. The molecule has 0 saturated carbocycles. The molecule has 0 aliphatic rings. The van der Waals surface area contributed by atoms with E-state index in [-0.39, 0.29) is 6.04 Å². The fourth-order valence-electron chi connectivity index (χ4n) is 1.99. The van der Waals surface area contributed by atoms with E-state index in [0.29, 0.717) is 5.65 Å². The second-order valence-corrected chi connectivity index (χ2v) is 4.99. The number of hydrogen-bond donors (Lipinski definition) is 0. The third-order valence-corrected chi connectivity index (χ3v) is 3.60. The first-order valence-corrected chi connectivity index (χ1v) is 6.56. The van der Waals surface area contributed by atoms with Crippen LogP contribution in [0.15, 0.2) is 36.4 Å². The van der Waals surface area contributed by atoms with E-state index in [1.54, 1.807) is 0 Å². The first-order valence-electron chi connectivity index (χ1n) is 6.19. The Balaban J connectivity index is 1.90. The molecule has 0 amide bonds. The molecule has 0 fully saturated rings. The van der Waals surface area contributed by atoms with E-state index in [4.69, 9.17) is 11.6 Å². The smallest absolute Gasteiger partial charge is 0.200 e. The summed E-state index contributed by atoms with van der Waals surface area (Å²) in [4.78, 5) is 2.06. The standard InChI is InChI=1S/C13H13ClN6/c1-9(10-3-5-11(14)6-4-10)19(2)13-8-7-12-15-17-18-20(12)16-13/h3-9H,1-2H3. The highest BCUT2D eigenvalue weighted by Gasteiger charge is 2.14. The molecule has 0 N–H and O–H groups in total. The normalized spacial score (nSPS) is 12.6. The summed E-state index contributed by atoms with van der Waals surface area (Å²) < 4.78 is 1.42. The average Bonchev–Trinajstić information content (AvgIpc) is 2.94. The molecule has 1 aromatic carbocycles. The molecule has 7 heteroatoms. The molecule has 2 aromatic heterocycles. The van der Waals surface area contributed by atoms with Gasteiger partial charge in [-0.25, -0.2) is 0 Å². The van der Waals surface area contributed by atoms with Gasteiger partial charge in [-0.05, 0) is 47.2 Å². The zero-order valence-corrected chi connectivity index (χ0v) is 11.9. The van der Waals surface area contributed by atoms with E-state index in [1.807, 2.05) is 43.4 Å². The molecule has 0 bridgehead atoms. The van der Waals surface area contributed by atoms with Crippen LogP contribution in [0.3, 0.4) is 0 Å². The number of anilines is 1. The van der Waals surface area contributed by atoms with Crippen LogP contribution >= 0.6 is 11.6 Å². The molecule has 1 atom stereocenters. The van der Waals surface area contributed by atoms with Gasteiger partial charge in [0.1, 0.15) is 0 Å². The van der Waals surface area contributed by atoms with Crippen molar-refractivity contribution >= 4 is 23.1 Å². The summed E-state index contributed by atoms with van der Waals surface area (Å²) in [7, 11) is 1.98. The van der Waals surface area contributed by atoms with E-state index in [1.165, 1.54) is 4.63 Å². The lowest BCUT2D eigenvalue weighted by Crippen LogP contribution is -2.23. The minimum absolute atomic E-state index is 0.161. The van der Waals surface area contributed by atoms with Crippen molar-refractivity contribution in [3.63, 3.8) is 0 Å². The van der Waals surface area contributed by atoms with Crippen LogP contribution in [0.1, 0.15) is 18.5 Å². The maximum Gasteiger partial charge on any atom is 0.200 e. The molecule has 0 spiro atoms. The Hall–Kier alpha value is -2.21. The Labute approximate surface area is 121 Å². The van der Waals surface area contributed by atoms with Gasteiger partial charge in [0.2, 0.25) is 0 Å². The van der Waals surface area contributed by atoms with Crippen molar-refractivity contribution in [2.75, 3.05) is 11.9 Å². The summed E-state index contributed by atoms with van der Waals surface area (Å²) in [5.41, 5.74) is 1.79. The summed E-state index contributed by atoms with van der Waals surface area (Å²) in [5, 5.41) is 16.3. The predicted molar refractivity (Wildman–Crippen MR) is 76.8 cm³/mol. The third-order valence-electron chi connectivity index (χ3n) is 3.35. The molecule has 0 saturated heterocycles. The van der Waals surface area contributed by atoms with Crippen LogP contribution in [0.2, 0.25) is 5.02 Å². The van der Waals surface area contributed by atoms with Crippen LogP contribution in [0.5, 0.6) is 0 Å². The van der Waals surface area contributed by atoms with E-state index in [2.05, 4.69) is 32.4 Å². The van der Waals surface area contributed by atoms with Crippen molar-refractivity contribution in [1.82, 2.24) is 25.3 Å². The van der Waals surface area contributed by atoms with Gasteiger partial charge in [0.15, 0.2) is 11.5 Å². The third kappa shape index (κ3) is 2.30. The maximum atomic E-state index is 5.91. The highest BCUT2D eigenvalue weighted by atomic mass is 35.5. The fraction of sp³-hybridized carbons (Fsp3) is 0.231. The molecule has 3 aromatic rings. The molecule has 0 aliphatic heterocycles. The van der Waals surface area contributed by atoms with Crippen molar-refractivity contribution in [2.24, 2.45) is 0 Å². The Morgan fingerprint density at radius 1 is 1.15 bits per heavy atom. The number of tetrazole rings is 1. The largest absolute Gasteiger partial charge is 0.351 e. The van der Waals surface area contributed by atoms with Gasteiger partial charge in [0, 0.05) is 12.1 Å². The Kier molecular flexibility index (Phi) is 3.23. The molecule has 3 rings (SSSR count). The highest BCUT2D eigenvalue weighted by Crippen LogP contribution is 2.24. The molecule has 6 nitrogen and oxygen atoms in total. The number of halogens is 1. The van der Waals surface area contributed by atoms with Gasteiger partial charge in [-0.15, -0.1) is 14.8 Å². The van der Waals surface area contributed by atoms with Crippen LogP contribution in [0, 0.1) is 0 Å². The number of aromatic nitrogens is 5.